The highest BCUT2D eigenvalue weighted by Crippen LogP contribution is 2.24. The zero-order chi connectivity index (χ0) is 6.91. The molecule has 0 atom stereocenters. The van der Waals surface area contributed by atoms with Gasteiger partial charge in [0.15, 0.2) is 6.79 Å². The van der Waals surface area contributed by atoms with Gasteiger partial charge in [-0.2, -0.15) is 0 Å². The van der Waals surface area contributed by atoms with Crippen molar-refractivity contribution in [2.24, 2.45) is 0 Å². The monoisotopic (exact) mass is 128 g/mol. The van der Waals surface area contributed by atoms with Crippen LogP contribution < -0.4 is 0 Å². The van der Waals surface area contributed by atoms with Gasteiger partial charge in [0, 0.05) is 6.42 Å². The highest BCUT2D eigenvalue weighted by atomic mass is 16.7. The maximum atomic E-state index is 5.25. The summed E-state index contributed by atoms with van der Waals surface area (Å²) in [5.41, 5.74) is -0.0741. The van der Waals surface area contributed by atoms with Gasteiger partial charge in [-0.3, -0.25) is 0 Å². The van der Waals surface area contributed by atoms with Gasteiger partial charge >= 0.3 is 0 Å². The van der Waals surface area contributed by atoms with E-state index < -0.39 is 0 Å². The van der Waals surface area contributed by atoms with Gasteiger partial charge in [-0.25, -0.2) is 0 Å². The van der Waals surface area contributed by atoms with Gasteiger partial charge < -0.3 is 9.47 Å². The van der Waals surface area contributed by atoms with Crippen molar-refractivity contribution in [2.45, 2.75) is 25.9 Å². The second-order valence-electron chi connectivity index (χ2n) is 2.88. The highest BCUT2D eigenvalue weighted by Gasteiger charge is 2.24. The maximum Gasteiger partial charge on any atom is 0.189 e. The Morgan fingerprint density at radius 1 is 1.56 bits per heavy atom. The Kier molecular flexibility index (Phi) is 1.49. The Morgan fingerprint density at radius 3 is 2.56 bits per heavy atom. The van der Waals surface area contributed by atoms with E-state index in [9.17, 15) is 0 Å². The van der Waals surface area contributed by atoms with Crippen LogP contribution in [-0.2, 0) is 9.47 Å². The average Bonchev–Trinajstić information content (AvgIpc) is 1.60. The molecule has 0 amide bonds. The molecule has 9 heavy (non-hydrogen) atoms. The van der Waals surface area contributed by atoms with E-state index in [1.165, 1.54) is 0 Å². The third-order valence-corrected chi connectivity index (χ3v) is 1.34. The van der Waals surface area contributed by atoms with Crippen molar-refractivity contribution in [3.8, 4) is 0 Å². The van der Waals surface area contributed by atoms with E-state index >= 15 is 0 Å². The number of hydrogen-bond donors (Lipinski definition) is 0. The van der Waals surface area contributed by atoms with E-state index in [1.54, 1.807) is 0 Å². The lowest BCUT2D eigenvalue weighted by molar-refractivity contribution is -0.149. The van der Waals surface area contributed by atoms with Crippen molar-refractivity contribution in [2.75, 3.05) is 6.79 Å². The van der Waals surface area contributed by atoms with Crippen LogP contribution in [0.5, 0.6) is 0 Å². The smallest absolute Gasteiger partial charge is 0.189 e. The summed E-state index contributed by atoms with van der Waals surface area (Å²) in [6, 6.07) is 0. The first-order valence-electron chi connectivity index (χ1n) is 3.05. The molecule has 1 fully saturated rings. The van der Waals surface area contributed by atoms with E-state index in [1.807, 2.05) is 13.8 Å². The molecule has 0 unspecified atom stereocenters. The van der Waals surface area contributed by atoms with Crippen LogP contribution in [0.4, 0.5) is 0 Å². The number of hydrogen-bond acceptors (Lipinski definition) is 2. The second-order valence-corrected chi connectivity index (χ2v) is 2.88. The molecule has 1 aliphatic rings. The lowest BCUT2D eigenvalue weighted by Gasteiger charge is -2.30. The molecule has 0 N–H and O–H groups in total. The van der Waals surface area contributed by atoms with Crippen LogP contribution in [0.1, 0.15) is 20.3 Å². The van der Waals surface area contributed by atoms with Gasteiger partial charge in [0.1, 0.15) is 0 Å². The molecule has 1 heterocycles. The van der Waals surface area contributed by atoms with E-state index in [2.05, 4.69) is 6.58 Å². The maximum absolute atomic E-state index is 5.25. The zero-order valence-corrected chi connectivity index (χ0v) is 5.94. The fourth-order valence-electron chi connectivity index (χ4n) is 0.849. The van der Waals surface area contributed by atoms with E-state index in [-0.39, 0.29) is 5.60 Å². The van der Waals surface area contributed by atoms with Crippen LogP contribution in [0.2, 0.25) is 0 Å². The van der Waals surface area contributed by atoms with Gasteiger partial charge in [0.05, 0.1) is 11.4 Å². The Hall–Kier alpha value is -0.500. The van der Waals surface area contributed by atoms with Crippen LogP contribution in [0.25, 0.3) is 0 Å². The SMILES string of the molecule is C=C1CC(C)(C)OCO1. The molecule has 0 saturated carbocycles. The van der Waals surface area contributed by atoms with Crippen LogP contribution in [0.3, 0.4) is 0 Å². The molecule has 1 rings (SSSR count). The average molecular weight is 128 g/mol. The fraction of sp³-hybridized carbons (Fsp3) is 0.714. The van der Waals surface area contributed by atoms with Gasteiger partial charge in [0.2, 0.25) is 0 Å². The van der Waals surface area contributed by atoms with E-state index in [0.717, 1.165) is 12.2 Å². The standard InChI is InChI=1S/C7H12O2/c1-6-4-7(2,3)9-5-8-6/h1,4-5H2,2-3H3. The van der Waals surface area contributed by atoms with Crippen molar-refractivity contribution in [3.63, 3.8) is 0 Å². The largest absolute Gasteiger partial charge is 0.472 e. The summed E-state index contributed by atoms with van der Waals surface area (Å²) in [6.07, 6.45) is 0.799. The van der Waals surface area contributed by atoms with Crippen molar-refractivity contribution in [3.05, 3.63) is 12.3 Å². The van der Waals surface area contributed by atoms with Crippen molar-refractivity contribution >= 4 is 0 Å². The molecular formula is C7H12O2. The Labute approximate surface area is 55.5 Å². The van der Waals surface area contributed by atoms with Gasteiger partial charge in [-0.05, 0) is 13.8 Å². The Balaban J connectivity index is 2.51. The lowest BCUT2D eigenvalue weighted by atomic mass is 10.0. The first kappa shape index (κ1) is 6.62. The molecular weight excluding hydrogens is 116 g/mol. The number of rotatable bonds is 0. The minimum Gasteiger partial charge on any atom is -0.472 e. The Bertz CT molecular complexity index is 127. The molecule has 1 saturated heterocycles. The topological polar surface area (TPSA) is 18.5 Å². The van der Waals surface area contributed by atoms with Gasteiger partial charge in [0.25, 0.3) is 0 Å². The molecule has 0 aromatic rings. The third-order valence-electron chi connectivity index (χ3n) is 1.34. The summed E-state index contributed by atoms with van der Waals surface area (Å²) in [5.74, 6) is 0.825. The van der Waals surface area contributed by atoms with Crippen LogP contribution in [0, 0.1) is 0 Å². The van der Waals surface area contributed by atoms with Gasteiger partial charge in [-0.1, -0.05) is 6.58 Å². The first-order valence-corrected chi connectivity index (χ1v) is 3.05. The predicted octanol–water partition coefficient (Wildman–Crippen LogP) is 1.67. The predicted molar refractivity (Wildman–Crippen MR) is 34.9 cm³/mol. The quantitative estimate of drug-likeness (QED) is 0.494. The molecule has 2 nitrogen and oxygen atoms in total. The summed E-state index contributed by atoms with van der Waals surface area (Å²) < 4.78 is 10.2. The molecule has 0 aliphatic carbocycles. The third kappa shape index (κ3) is 1.72. The van der Waals surface area contributed by atoms with Crippen LogP contribution in [0.15, 0.2) is 12.3 Å². The Morgan fingerprint density at radius 2 is 2.22 bits per heavy atom. The first-order chi connectivity index (χ1) is 4.10. The lowest BCUT2D eigenvalue weighted by Crippen LogP contribution is -2.31. The molecule has 52 valence electrons. The van der Waals surface area contributed by atoms with E-state index in [4.69, 9.17) is 9.47 Å². The zero-order valence-electron chi connectivity index (χ0n) is 5.94. The number of ether oxygens (including phenoxy) is 2. The molecule has 2 heteroatoms. The molecule has 0 aromatic carbocycles. The molecule has 0 aromatic heterocycles. The molecule has 0 bridgehead atoms. The molecule has 0 spiro atoms. The minimum atomic E-state index is -0.0741. The highest BCUT2D eigenvalue weighted by molar-refractivity contribution is 4.92. The van der Waals surface area contributed by atoms with Crippen molar-refractivity contribution < 1.29 is 9.47 Å². The van der Waals surface area contributed by atoms with Crippen molar-refractivity contribution in [1.29, 1.82) is 0 Å². The summed E-state index contributed by atoms with van der Waals surface area (Å²) in [5, 5.41) is 0. The molecule has 1 aliphatic heterocycles. The summed E-state index contributed by atoms with van der Waals surface area (Å²) in [7, 11) is 0. The van der Waals surface area contributed by atoms with Crippen molar-refractivity contribution in [1.82, 2.24) is 0 Å². The van der Waals surface area contributed by atoms with E-state index in [0.29, 0.717) is 6.79 Å². The molecule has 0 radical (unpaired) electrons. The summed E-state index contributed by atoms with van der Waals surface area (Å²) >= 11 is 0. The fourth-order valence-corrected chi connectivity index (χ4v) is 0.849. The summed E-state index contributed by atoms with van der Waals surface area (Å²) in [4.78, 5) is 0. The second kappa shape index (κ2) is 2.03. The van der Waals surface area contributed by atoms with Crippen LogP contribution >= 0.6 is 0 Å². The normalized spacial score (nSPS) is 25.3. The summed E-state index contributed by atoms with van der Waals surface area (Å²) in [6.45, 7) is 8.12. The van der Waals surface area contributed by atoms with Gasteiger partial charge in [-0.15, -0.1) is 0 Å². The minimum absolute atomic E-state index is 0.0741. The van der Waals surface area contributed by atoms with Crippen LogP contribution in [-0.4, -0.2) is 12.4 Å².